The number of hydrogen-bond acceptors (Lipinski definition) is 4. The molecular weight excluding hydrogens is 266 g/mol. The molecule has 1 amide bonds. The third-order valence-electron chi connectivity index (χ3n) is 3.62. The zero-order valence-corrected chi connectivity index (χ0v) is 12.7. The van der Waals surface area contributed by atoms with Crippen molar-refractivity contribution in [2.24, 2.45) is 0 Å². The van der Waals surface area contributed by atoms with Gasteiger partial charge in [-0.05, 0) is 31.4 Å². The van der Waals surface area contributed by atoms with Gasteiger partial charge in [-0.1, -0.05) is 19.8 Å². The number of anilines is 1. The van der Waals surface area contributed by atoms with Crippen LogP contribution >= 0.6 is 0 Å². The third kappa shape index (κ3) is 5.34. The predicted molar refractivity (Wildman–Crippen MR) is 83.6 cm³/mol. The van der Waals surface area contributed by atoms with Crippen LogP contribution in [0, 0.1) is 0 Å². The third-order valence-corrected chi connectivity index (χ3v) is 3.62. The highest BCUT2D eigenvalue weighted by Gasteiger charge is 2.14. The molecule has 0 radical (unpaired) electrons. The number of aromatic nitrogens is 1. The van der Waals surface area contributed by atoms with Crippen LogP contribution in [0.1, 0.15) is 49.5 Å². The molecule has 5 nitrogen and oxygen atoms in total. The van der Waals surface area contributed by atoms with Crippen LogP contribution in [0.4, 0.5) is 5.69 Å². The highest BCUT2D eigenvalue weighted by molar-refractivity contribution is 5.92. The Labute approximate surface area is 126 Å². The molecule has 1 unspecified atom stereocenters. The lowest BCUT2D eigenvalue weighted by atomic mass is 10.2. The number of ether oxygens (including phenoxy) is 1. The number of nitrogens with one attached hydrogen (secondary N) is 2. The minimum Gasteiger partial charge on any atom is -0.381 e. The lowest BCUT2D eigenvalue weighted by Crippen LogP contribution is -2.25. The number of hydrogen-bond donors (Lipinski definition) is 2. The van der Waals surface area contributed by atoms with E-state index >= 15 is 0 Å². The number of rotatable bonds is 8. The molecule has 1 aliphatic rings. The number of pyridine rings is 1. The summed E-state index contributed by atoms with van der Waals surface area (Å²) in [5.41, 5.74) is 1.39. The van der Waals surface area contributed by atoms with E-state index in [1.54, 1.807) is 12.3 Å². The Balaban J connectivity index is 1.73. The van der Waals surface area contributed by atoms with E-state index in [-0.39, 0.29) is 5.91 Å². The molecule has 21 heavy (non-hydrogen) atoms. The van der Waals surface area contributed by atoms with E-state index < -0.39 is 0 Å². The number of carbonyl (C=O) groups is 1. The Bertz CT molecular complexity index is 428. The SMILES string of the molecule is CCCCCNC(=O)c1ccc(NCC2CCCO2)cn1. The molecule has 1 fully saturated rings. The van der Waals surface area contributed by atoms with E-state index in [1.807, 2.05) is 6.07 Å². The van der Waals surface area contributed by atoms with Crippen LogP contribution in [-0.2, 0) is 4.74 Å². The normalized spacial score (nSPS) is 17.7. The van der Waals surface area contributed by atoms with Gasteiger partial charge in [-0.15, -0.1) is 0 Å². The number of carbonyl (C=O) groups excluding carboxylic acids is 1. The second-order valence-corrected chi connectivity index (χ2v) is 5.41. The number of unbranched alkanes of at least 4 members (excludes halogenated alkanes) is 2. The number of nitrogens with zero attached hydrogens (tertiary/aromatic N) is 1. The first kappa shape index (κ1) is 15.8. The minimum absolute atomic E-state index is 0.100. The van der Waals surface area contributed by atoms with Crippen molar-refractivity contribution in [1.82, 2.24) is 10.3 Å². The largest absolute Gasteiger partial charge is 0.381 e. The van der Waals surface area contributed by atoms with Crippen LogP contribution in [0.15, 0.2) is 18.3 Å². The second kappa shape index (κ2) is 8.62. The van der Waals surface area contributed by atoms with E-state index in [4.69, 9.17) is 4.74 Å². The maximum atomic E-state index is 11.9. The maximum Gasteiger partial charge on any atom is 0.269 e. The average molecular weight is 291 g/mol. The molecule has 0 aromatic carbocycles. The summed E-state index contributed by atoms with van der Waals surface area (Å²) in [4.78, 5) is 16.1. The number of amides is 1. The highest BCUT2D eigenvalue weighted by atomic mass is 16.5. The van der Waals surface area contributed by atoms with Crippen LogP contribution < -0.4 is 10.6 Å². The lowest BCUT2D eigenvalue weighted by Gasteiger charge is -2.11. The fourth-order valence-electron chi connectivity index (χ4n) is 2.34. The van der Waals surface area contributed by atoms with Crippen molar-refractivity contribution in [1.29, 1.82) is 0 Å². The average Bonchev–Trinajstić information content (AvgIpc) is 3.03. The van der Waals surface area contributed by atoms with Gasteiger partial charge in [0.25, 0.3) is 5.91 Å². The standard InChI is InChI=1S/C16H25N3O2/c1-2-3-4-9-17-16(20)15-8-7-13(11-19-15)18-12-14-6-5-10-21-14/h7-8,11,14,18H,2-6,9-10,12H2,1H3,(H,17,20). The molecule has 1 aliphatic heterocycles. The smallest absolute Gasteiger partial charge is 0.269 e. The monoisotopic (exact) mass is 291 g/mol. The van der Waals surface area contributed by atoms with E-state index in [0.717, 1.165) is 50.9 Å². The molecule has 2 rings (SSSR count). The van der Waals surface area contributed by atoms with Gasteiger partial charge in [-0.3, -0.25) is 4.79 Å². The molecule has 0 aliphatic carbocycles. The maximum absolute atomic E-state index is 11.9. The zero-order valence-electron chi connectivity index (χ0n) is 12.7. The molecule has 1 saturated heterocycles. The fraction of sp³-hybridized carbons (Fsp3) is 0.625. The van der Waals surface area contributed by atoms with Gasteiger partial charge in [0.2, 0.25) is 0 Å². The summed E-state index contributed by atoms with van der Waals surface area (Å²) in [7, 11) is 0. The van der Waals surface area contributed by atoms with Crippen molar-refractivity contribution in [2.75, 3.05) is 25.0 Å². The van der Waals surface area contributed by atoms with Crippen LogP contribution in [0.5, 0.6) is 0 Å². The van der Waals surface area contributed by atoms with Gasteiger partial charge in [0.05, 0.1) is 18.0 Å². The van der Waals surface area contributed by atoms with Gasteiger partial charge < -0.3 is 15.4 Å². The summed E-state index contributed by atoms with van der Waals surface area (Å²) in [5.74, 6) is -0.100. The Kier molecular flexibility index (Phi) is 6.47. The lowest BCUT2D eigenvalue weighted by molar-refractivity contribution is 0.0948. The molecule has 1 atom stereocenters. The van der Waals surface area contributed by atoms with E-state index in [2.05, 4.69) is 22.5 Å². The Morgan fingerprint density at radius 3 is 3.00 bits per heavy atom. The summed E-state index contributed by atoms with van der Waals surface area (Å²) in [6.07, 6.45) is 7.56. The summed E-state index contributed by atoms with van der Waals surface area (Å²) < 4.78 is 5.55. The van der Waals surface area contributed by atoms with Gasteiger partial charge >= 0.3 is 0 Å². The van der Waals surface area contributed by atoms with Crippen molar-refractivity contribution in [2.45, 2.75) is 45.1 Å². The molecule has 5 heteroatoms. The van der Waals surface area contributed by atoms with E-state index in [1.165, 1.54) is 0 Å². The van der Waals surface area contributed by atoms with Gasteiger partial charge in [-0.25, -0.2) is 4.98 Å². The molecule has 0 bridgehead atoms. The second-order valence-electron chi connectivity index (χ2n) is 5.41. The predicted octanol–water partition coefficient (Wildman–Crippen LogP) is 2.59. The molecule has 1 aromatic rings. The molecule has 0 saturated carbocycles. The first-order valence-corrected chi connectivity index (χ1v) is 7.89. The molecule has 0 spiro atoms. The Morgan fingerprint density at radius 2 is 2.33 bits per heavy atom. The molecule has 2 N–H and O–H groups in total. The fourth-order valence-corrected chi connectivity index (χ4v) is 2.34. The van der Waals surface area contributed by atoms with Crippen molar-refractivity contribution >= 4 is 11.6 Å². The Morgan fingerprint density at radius 1 is 1.43 bits per heavy atom. The molecular formula is C16H25N3O2. The molecule has 116 valence electrons. The van der Waals surface area contributed by atoms with Gasteiger partial charge in [0.15, 0.2) is 0 Å². The van der Waals surface area contributed by atoms with Crippen LogP contribution in [-0.4, -0.2) is 36.7 Å². The Hall–Kier alpha value is -1.62. The first-order chi connectivity index (χ1) is 10.3. The van der Waals surface area contributed by atoms with Crippen molar-refractivity contribution in [3.05, 3.63) is 24.0 Å². The van der Waals surface area contributed by atoms with E-state index in [9.17, 15) is 4.79 Å². The van der Waals surface area contributed by atoms with Crippen molar-refractivity contribution in [3.8, 4) is 0 Å². The summed E-state index contributed by atoms with van der Waals surface area (Å²) in [6.45, 7) is 4.52. The topological polar surface area (TPSA) is 63.2 Å². The zero-order chi connectivity index (χ0) is 14.9. The van der Waals surface area contributed by atoms with Crippen LogP contribution in [0.2, 0.25) is 0 Å². The molecule has 1 aromatic heterocycles. The van der Waals surface area contributed by atoms with Crippen LogP contribution in [0.25, 0.3) is 0 Å². The van der Waals surface area contributed by atoms with Crippen LogP contribution in [0.3, 0.4) is 0 Å². The van der Waals surface area contributed by atoms with Gasteiger partial charge in [0, 0.05) is 19.7 Å². The minimum atomic E-state index is -0.100. The summed E-state index contributed by atoms with van der Waals surface area (Å²) in [5, 5.41) is 6.18. The highest BCUT2D eigenvalue weighted by Crippen LogP contribution is 2.13. The van der Waals surface area contributed by atoms with Gasteiger partial charge in [0.1, 0.15) is 5.69 Å². The summed E-state index contributed by atoms with van der Waals surface area (Å²) in [6, 6.07) is 3.65. The summed E-state index contributed by atoms with van der Waals surface area (Å²) >= 11 is 0. The van der Waals surface area contributed by atoms with Crippen molar-refractivity contribution in [3.63, 3.8) is 0 Å². The quantitative estimate of drug-likeness (QED) is 0.723. The first-order valence-electron chi connectivity index (χ1n) is 7.89. The van der Waals surface area contributed by atoms with Gasteiger partial charge in [-0.2, -0.15) is 0 Å². The van der Waals surface area contributed by atoms with E-state index in [0.29, 0.717) is 18.3 Å². The van der Waals surface area contributed by atoms with Crippen molar-refractivity contribution < 1.29 is 9.53 Å². The molecule has 2 heterocycles.